The van der Waals surface area contributed by atoms with E-state index >= 15 is 0 Å². The quantitative estimate of drug-likeness (QED) is 0.688. The van der Waals surface area contributed by atoms with Gasteiger partial charge in [0.05, 0.1) is 13.2 Å². The molecule has 1 aromatic carbocycles. The summed E-state index contributed by atoms with van der Waals surface area (Å²) in [6.07, 6.45) is -4.49. The number of hydrogen-bond donors (Lipinski definition) is 1. The SMILES string of the molecule is CC(C)N1CC2(COCCN(Cc3ccc(-c4csnn4)cc3)C2)CC1=O.O=C(O)C(F)(F)F. The predicted octanol–water partition coefficient (Wildman–Crippen LogP) is 3.30. The van der Waals surface area contributed by atoms with E-state index in [9.17, 15) is 18.0 Å². The van der Waals surface area contributed by atoms with Crippen LogP contribution in [0.1, 0.15) is 25.8 Å². The number of aliphatic carboxylic acids is 1. The molecule has 1 spiro atoms. The Labute approximate surface area is 199 Å². The number of hydrogen-bond acceptors (Lipinski definition) is 7. The van der Waals surface area contributed by atoms with Gasteiger partial charge in [-0.15, -0.1) is 5.10 Å². The van der Waals surface area contributed by atoms with Crippen LogP contribution >= 0.6 is 11.5 Å². The highest BCUT2D eigenvalue weighted by molar-refractivity contribution is 7.03. The van der Waals surface area contributed by atoms with Crippen molar-refractivity contribution in [1.29, 1.82) is 0 Å². The van der Waals surface area contributed by atoms with E-state index in [2.05, 4.69) is 52.6 Å². The summed E-state index contributed by atoms with van der Waals surface area (Å²) in [5.41, 5.74) is 3.21. The summed E-state index contributed by atoms with van der Waals surface area (Å²) in [6.45, 7) is 9.05. The number of amides is 1. The Balaban J connectivity index is 0.000000406. The predicted molar refractivity (Wildman–Crippen MR) is 119 cm³/mol. The molecule has 0 bridgehead atoms. The van der Waals surface area contributed by atoms with Crippen LogP contribution in [0.25, 0.3) is 11.3 Å². The summed E-state index contributed by atoms with van der Waals surface area (Å²) in [5, 5.41) is 13.2. The van der Waals surface area contributed by atoms with Crippen molar-refractivity contribution in [2.75, 3.05) is 32.8 Å². The third-order valence-electron chi connectivity index (χ3n) is 5.75. The van der Waals surface area contributed by atoms with Crippen LogP contribution in [-0.4, -0.2) is 81.4 Å². The average molecular weight is 501 g/mol. The number of alkyl halides is 3. The van der Waals surface area contributed by atoms with E-state index in [1.807, 2.05) is 10.3 Å². The number of ether oxygens (including phenoxy) is 1. The second kappa shape index (κ2) is 10.8. The fourth-order valence-corrected chi connectivity index (χ4v) is 4.61. The lowest BCUT2D eigenvalue weighted by Gasteiger charge is -2.32. The molecule has 1 atom stereocenters. The molecule has 12 heteroatoms. The van der Waals surface area contributed by atoms with Crippen molar-refractivity contribution in [3.05, 3.63) is 35.2 Å². The van der Waals surface area contributed by atoms with Crippen molar-refractivity contribution in [3.63, 3.8) is 0 Å². The molecule has 34 heavy (non-hydrogen) atoms. The van der Waals surface area contributed by atoms with Crippen LogP contribution < -0.4 is 0 Å². The van der Waals surface area contributed by atoms with E-state index in [0.29, 0.717) is 13.0 Å². The number of carbonyl (C=O) groups excluding carboxylic acids is 1. The van der Waals surface area contributed by atoms with Crippen molar-refractivity contribution in [2.45, 2.75) is 39.0 Å². The summed E-state index contributed by atoms with van der Waals surface area (Å²) in [6, 6.07) is 8.79. The van der Waals surface area contributed by atoms with Gasteiger partial charge in [0.2, 0.25) is 5.91 Å². The molecule has 2 aliphatic heterocycles. The van der Waals surface area contributed by atoms with Crippen LogP contribution in [0, 0.1) is 5.41 Å². The maximum Gasteiger partial charge on any atom is 0.490 e. The van der Waals surface area contributed by atoms with E-state index in [4.69, 9.17) is 14.6 Å². The first-order chi connectivity index (χ1) is 16.0. The normalized spacial score (nSPS) is 21.5. The summed E-state index contributed by atoms with van der Waals surface area (Å²) < 4.78 is 41.6. The Morgan fingerprint density at radius 2 is 1.94 bits per heavy atom. The van der Waals surface area contributed by atoms with Crippen molar-refractivity contribution in [3.8, 4) is 11.3 Å². The van der Waals surface area contributed by atoms with Gasteiger partial charge in [0, 0.05) is 55.0 Å². The molecule has 1 amide bonds. The van der Waals surface area contributed by atoms with Crippen LogP contribution in [0.15, 0.2) is 29.6 Å². The van der Waals surface area contributed by atoms with Gasteiger partial charge in [-0.05, 0) is 30.9 Å². The van der Waals surface area contributed by atoms with Crippen molar-refractivity contribution >= 4 is 23.4 Å². The lowest BCUT2D eigenvalue weighted by molar-refractivity contribution is -0.192. The molecule has 186 valence electrons. The van der Waals surface area contributed by atoms with Crippen molar-refractivity contribution in [1.82, 2.24) is 19.4 Å². The highest BCUT2D eigenvalue weighted by Crippen LogP contribution is 2.35. The second-order valence-electron chi connectivity index (χ2n) is 8.85. The van der Waals surface area contributed by atoms with Gasteiger partial charge in [-0.25, -0.2) is 4.79 Å². The average Bonchev–Trinajstić information content (AvgIpc) is 3.35. The molecule has 1 aromatic heterocycles. The molecule has 0 aliphatic carbocycles. The number of carboxylic acids is 1. The van der Waals surface area contributed by atoms with Crippen LogP contribution in [0.2, 0.25) is 0 Å². The van der Waals surface area contributed by atoms with Crippen LogP contribution in [0.5, 0.6) is 0 Å². The third kappa shape index (κ3) is 6.73. The Kier molecular flexibility index (Phi) is 8.26. The van der Waals surface area contributed by atoms with Gasteiger partial charge in [-0.1, -0.05) is 28.8 Å². The number of benzene rings is 1. The Morgan fingerprint density at radius 3 is 2.47 bits per heavy atom. The molecule has 0 saturated carbocycles. The highest BCUT2D eigenvalue weighted by Gasteiger charge is 2.46. The number of aromatic nitrogens is 2. The minimum atomic E-state index is -5.08. The van der Waals surface area contributed by atoms with Gasteiger partial charge < -0.3 is 14.7 Å². The molecule has 3 heterocycles. The molecule has 8 nitrogen and oxygen atoms in total. The van der Waals surface area contributed by atoms with Crippen LogP contribution in [-0.2, 0) is 20.9 Å². The number of rotatable bonds is 4. The first-order valence-corrected chi connectivity index (χ1v) is 11.6. The first-order valence-electron chi connectivity index (χ1n) is 10.8. The molecule has 4 rings (SSSR count). The first kappa shape index (κ1) is 26.0. The topological polar surface area (TPSA) is 95.9 Å². The minimum absolute atomic E-state index is 0.0793. The Hall–Kier alpha value is -2.57. The van der Waals surface area contributed by atoms with E-state index in [0.717, 1.165) is 44.0 Å². The molecule has 2 saturated heterocycles. The van der Waals surface area contributed by atoms with Crippen LogP contribution in [0.4, 0.5) is 13.2 Å². The molecule has 2 aliphatic rings. The van der Waals surface area contributed by atoms with Crippen LogP contribution in [0.3, 0.4) is 0 Å². The summed E-state index contributed by atoms with van der Waals surface area (Å²) in [5.74, 6) is -2.50. The zero-order valence-electron chi connectivity index (χ0n) is 18.9. The summed E-state index contributed by atoms with van der Waals surface area (Å²) in [7, 11) is 0. The number of nitrogens with zero attached hydrogens (tertiary/aromatic N) is 4. The zero-order valence-corrected chi connectivity index (χ0v) is 19.7. The molecule has 1 N–H and O–H groups in total. The number of halogens is 3. The fourth-order valence-electron chi connectivity index (χ4n) is 4.15. The minimum Gasteiger partial charge on any atom is -0.475 e. The summed E-state index contributed by atoms with van der Waals surface area (Å²) >= 11 is 1.37. The Morgan fingerprint density at radius 1 is 1.26 bits per heavy atom. The number of carbonyl (C=O) groups is 2. The van der Waals surface area contributed by atoms with Crippen molar-refractivity contribution < 1.29 is 32.6 Å². The van der Waals surface area contributed by atoms with Gasteiger partial charge >= 0.3 is 12.1 Å². The third-order valence-corrected chi connectivity index (χ3v) is 6.26. The lowest BCUT2D eigenvalue weighted by Crippen LogP contribution is -2.41. The molecular weight excluding hydrogens is 473 g/mol. The van der Waals surface area contributed by atoms with E-state index in [1.54, 1.807) is 0 Å². The lowest BCUT2D eigenvalue weighted by atomic mass is 9.87. The van der Waals surface area contributed by atoms with Gasteiger partial charge in [0.15, 0.2) is 0 Å². The molecule has 1 unspecified atom stereocenters. The largest absolute Gasteiger partial charge is 0.490 e. The monoisotopic (exact) mass is 500 g/mol. The van der Waals surface area contributed by atoms with Crippen molar-refractivity contribution in [2.24, 2.45) is 5.41 Å². The molecule has 2 aromatic rings. The van der Waals surface area contributed by atoms with Gasteiger partial charge in [-0.2, -0.15) is 13.2 Å². The zero-order chi connectivity index (χ0) is 24.9. The molecule has 0 radical (unpaired) electrons. The number of carboxylic acid groups (broad SMARTS) is 1. The van der Waals surface area contributed by atoms with E-state index in [1.165, 1.54) is 17.1 Å². The molecular formula is C22H27F3N4O4S. The second-order valence-corrected chi connectivity index (χ2v) is 9.46. The van der Waals surface area contributed by atoms with E-state index in [-0.39, 0.29) is 17.4 Å². The standard InChI is InChI=1S/C20H26N4O2S.C2HF3O2/c1-15(2)24-13-20(9-19(24)25)12-23(7-8-26-14-20)10-16-3-5-17(6-4-16)18-11-27-22-21-18;3-2(4,5)1(6)7/h3-6,11,15H,7-10,12-14H2,1-2H3;(H,6,7). The van der Waals surface area contributed by atoms with E-state index < -0.39 is 12.1 Å². The smallest absolute Gasteiger partial charge is 0.475 e. The van der Waals surface area contributed by atoms with Gasteiger partial charge in [-0.3, -0.25) is 9.69 Å². The van der Waals surface area contributed by atoms with Gasteiger partial charge in [0.25, 0.3) is 0 Å². The number of likely N-dealkylation sites (tertiary alicyclic amines) is 1. The Bertz CT molecular complexity index is 970. The summed E-state index contributed by atoms with van der Waals surface area (Å²) in [4.78, 5) is 25.8. The maximum atomic E-state index is 12.5. The maximum absolute atomic E-state index is 12.5. The fraction of sp³-hybridized carbons (Fsp3) is 0.545. The highest BCUT2D eigenvalue weighted by atomic mass is 32.1. The molecule has 2 fully saturated rings. The van der Waals surface area contributed by atoms with Gasteiger partial charge in [0.1, 0.15) is 5.69 Å².